The average molecular weight is 364 g/mol. The van der Waals surface area contributed by atoms with E-state index in [0.29, 0.717) is 12.3 Å². The highest BCUT2D eigenvalue weighted by Gasteiger charge is 2.31. The summed E-state index contributed by atoms with van der Waals surface area (Å²) in [5, 5.41) is 10.1. The van der Waals surface area contributed by atoms with E-state index in [4.69, 9.17) is 14.5 Å². The molecule has 24 heavy (non-hydrogen) atoms. The Bertz CT molecular complexity index is 819. The first-order chi connectivity index (χ1) is 11.0. The van der Waals surface area contributed by atoms with Gasteiger partial charge >= 0.3 is 13.8 Å². The normalized spacial score (nSPS) is 12.0. The molecule has 0 saturated carbocycles. The van der Waals surface area contributed by atoms with Crippen LogP contribution in [0, 0.1) is 10.1 Å². The van der Waals surface area contributed by atoms with Crippen molar-refractivity contribution in [2.75, 3.05) is 0 Å². The van der Waals surface area contributed by atoms with Gasteiger partial charge in [-0.1, -0.05) is 0 Å². The smallest absolute Gasteiger partial charge is 0.417 e. The van der Waals surface area contributed by atoms with Gasteiger partial charge in [-0.3, -0.25) is 14.7 Å². The standard InChI is InChI=1S/C12H8F3N2O6P/c13-12(14,15)7-1-4-11(16-6-7)23-8-2-3-10(24(20,21)22)9(5-8)17(18)19/h1-6H,(H2,20,21,22). The van der Waals surface area contributed by atoms with Gasteiger partial charge in [-0.25, -0.2) is 4.98 Å². The Morgan fingerprint density at radius 2 is 1.88 bits per heavy atom. The number of alkyl halides is 3. The minimum absolute atomic E-state index is 0.217. The van der Waals surface area contributed by atoms with Crippen LogP contribution in [0.4, 0.5) is 18.9 Å². The van der Waals surface area contributed by atoms with Crippen LogP contribution in [0.2, 0.25) is 0 Å². The van der Waals surface area contributed by atoms with E-state index >= 15 is 0 Å². The van der Waals surface area contributed by atoms with Crippen molar-refractivity contribution < 1.29 is 37.2 Å². The van der Waals surface area contributed by atoms with Gasteiger partial charge in [0.1, 0.15) is 11.1 Å². The van der Waals surface area contributed by atoms with Crippen LogP contribution in [0.15, 0.2) is 36.5 Å². The zero-order chi connectivity index (χ0) is 18.1. The Balaban J connectivity index is 2.32. The van der Waals surface area contributed by atoms with Gasteiger partial charge in [-0.05, 0) is 18.2 Å². The third-order valence-electron chi connectivity index (χ3n) is 2.74. The predicted molar refractivity (Wildman–Crippen MR) is 74.1 cm³/mol. The molecule has 1 aromatic heterocycles. The van der Waals surface area contributed by atoms with Gasteiger partial charge in [-0.15, -0.1) is 0 Å². The number of halogens is 3. The van der Waals surface area contributed by atoms with E-state index in [1.54, 1.807) is 0 Å². The van der Waals surface area contributed by atoms with Crippen LogP contribution in [0.25, 0.3) is 0 Å². The maximum absolute atomic E-state index is 12.4. The lowest BCUT2D eigenvalue weighted by Crippen LogP contribution is -2.10. The third-order valence-corrected chi connectivity index (χ3v) is 3.75. The third kappa shape index (κ3) is 4.07. The molecule has 0 radical (unpaired) electrons. The SMILES string of the molecule is O=[N+]([O-])c1cc(Oc2ccc(C(F)(F)F)cn2)ccc1P(=O)(O)O. The maximum atomic E-state index is 12.4. The first-order valence-electron chi connectivity index (χ1n) is 6.04. The Morgan fingerprint density at radius 3 is 2.33 bits per heavy atom. The predicted octanol–water partition coefficient (Wildman–Crippen LogP) is 2.60. The van der Waals surface area contributed by atoms with Crippen LogP contribution in [-0.4, -0.2) is 19.7 Å². The molecule has 2 aromatic rings. The lowest BCUT2D eigenvalue weighted by molar-refractivity contribution is -0.383. The number of nitro groups is 1. The number of benzene rings is 1. The molecule has 0 unspecified atom stereocenters. The van der Waals surface area contributed by atoms with E-state index in [-0.39, 0.29) is 11.6 Å². The summed E-state index contributed by atoms with van der Waals surface area (Å²) in [7, 11) is -4.87. The van der Waals surface area contributed by atoms with Crippen molar-refractivity contribution in [3.63, 3.8) is 0 Å². The molecule has 0 fully saturated rings. The van der Waals surface area contributed by atoms with E-state index in [1.165, 1.54) is 0 Å². The molecule has 2 N–H and O–H groups in total. The van der Waals surface area contributed by atoms with Gasteiger partial charge in [0.05, 0.1) is 16.6 Å². The van der Waals surface area contributed by atoms with Crippen LogP contribution >= 0.6 is 7.60 Å². The molecule has 0 amide bonds. The lowest BCUT2D eigenvalue weighted by atomic mass is 10.3. The van der Waals surface area contributed by atoms with Crippen LogP contribution in [0.5, 0.6) is 11.6 Å². The fourth-order valence-corrected chi connectivity index (χ4v) is 2.40. The molecule has 0 aliphatic rings. The fraction of sp³-hybridized carbons (Fsp3) is 0.0833. The van der Waals surface area contributed by atoms with Crippen LogP contribution in [-0.2, 0) is 10.7 Å². The zero-order valence-electron chi connectivity index (χ0n) is 11.5. The van der Waals surface area contributed by atoms with E-state index in [9.17, 15) is 27.9 Å². The lowest BCUT2D eigenvalue weighted by Gasteiger charge is -2.09. The summed E-state index contributed by atoms with van der Waals surface area (Å²) >= 11 is 0. The topological polar surface area (TPSA) is 123 Å². The van der Waals surface area contributed by atoms with Crippen molar-refractivity contribution in [1.82, 2.24) is 4.98 Å². The van der Waals surface area contributed by atoms with Crippen molar-refractivity contribution in [2.24, 2.45) is 0 Å². The number of rotatable bonds is 4. The van der Waals surface area contributed by atoms with Crippen molar-refractivity contribution in [1.29, 1.82) is 0 Å². The summed E-state index contributed by atoms with van der Waals surface area (Å²) in [6.45, 7) is 0. The summed E-state index contributed by atoms with van der Waals surface area (Å²) in [5.41, 5.74) is -1.88. The van der Waals surface area contributed by atoms with Gasteiger partial charge in [0.25, 0.3) is 5.69 Å². The summed E-state index contributed by atoms with van der Waals surface area (Å²) in [6, 6.07) is 4.19. The number of ether oxygens (including phenoxy) is 1. The molecule has 2 rings (SSSR count). The highest BCUT2D eigenvalue weighted by atomic mass is 31.2. The number of aromatic nitrogens is 1. The second kappa shape index (κ2) is 6.19. The first-order valence-corrected chi connectivity index (χ1v) is 7.65. The van der Waals surface area contributed by atoms with Gasteiger partial charge < -0.3 is 14.5 Å². The van der Waals surface area contributed by atoms with Crippen LogP contribution in [0.3, 0.4) is 0 Å². The minimum Gasteiger partial charge on any atom is -0.439 e. The molecular weight excluding hydrogens is 356 g/mol. The molecule has 1 aromatic carbocycles. The second-order valence-corrected chi connectivity index (χ2v) is 6.01. The van der Waals surface area contributed by atoms with E-state index in [0.717, 1.165) is 24.3 Å². The maximum Gasteiger partial charge on any atom is 0.417 e. The first kappa shape index (κ1) is 17.9. The number of hydrogen-bond donors (Lipinski definition) is 2. The van der Waals surface area contributed by atoms with E-state index < -0.39 is 35.3 Å². The highest BCUT2D eigenvalue weighted by Crippen LogP contribution is 2.39. The number of nitro benzene ring substituents is 1. The Hall–Kier alpha value is -2.49. The Morgan fingerprint density at radius 1 is 1.21 bits per heavy atom. The summed E-state index contributed by atoms with van der Waals surface area (Å²) in [4.78, 5) is 31.4. The minimum atomic E-state index is -4.87. The zero-order valence-corrected chi connectivity index (χ0v) is 12.4. The number of pyridine rings is 1. The van der Waals surface area contributed by atoms with Gasteiger partial charge in [0.2, 0.25) is 5.88 Å². The van der Waals surface area contributed by atoms with Gasteiger partial charge in [0, 0.05) is 12.3 Å². The summed E-state index contributed by atoms with van der Waals surface area (Å²) < 4.78 is 53.5. The fourth-order valence-electron chi connectivity index (χ4n) is 1.69. The molecule has 128 valence electrons. The monoisotopic (exact) mass is 364 g/mol. The van der Waals surface area contributed by atoms with Crippen molar-refractivity contribution in [3.05, 3.63) is 52.2 Å². The van der Waals surface area contributed by atoms with Crippen molar-refractivity contribution in [2.45, 2.75) is 6.18 Å². The van der Waals surface area contributed by atoms with Crippen LogP contribution in [0.1, 0.15) is 5.56 Å². The van der Waals surface area contributed by atoms with Crippen LogP contribution < -0.4 is 10.0 Å². The molecular formula is C12H8F3N2O6P. The van der Waals surface area contributed by atoms with Crippen molar-refractivity contribution >= 4 is 18.6 Å². The highest BCUT2D eigenvalue weighted by molar-refractivity contribution is 7.60. The van der Waals surface area contributed by atoms with Crippen molar-refractivity contribution in [3.8, 4) is 11.6 Å². The second-order valence-electron chi connectivity index (χ2n) is 4.44. The molecule has 8 nitrogen and oxygen atoms in total. The van der Waals surface area contributed by atoms with Gasteiger partial charge in [0.15, 0.2) is 0 Å². The molecule has 0 atom stereocenters. The Kier molecular flexibility index (Phi) is 4.61. The van der Waals surface area contributed by atoms with E-state index in [1.807, 2.05) is 0 Å². The molecule has 1 heterocycles. The number of hydrogen-bond acceptors (Lipinski definition) is 5. The van der Waals surface area contributed by atoms with Gasteiger partial charge in [-0.2, -0.15) is 13.2 Å². The quantitative estimate of drug-likeness (QED) is 0.486. The molecule has 0 aliphatic heterocycles. The molecule has 0 spiro atoms. The Labute approximate surface area is 131 Å². The average Bonchev–Trinajstić information content (AvgIpc) is 2.45. The molecule has 12 heteroatoms. The molecule has 0 aliphatic carbocycles. The number of nitrogens with zero attached hydrogens (tertiary/aromatic N) is 2. The summed E-state index contributed by atoms with van der Waals surface area (Å²) in [5.74, 6) is -0.493. The molecule has 0 bridgehead atoms. The largest absolute Gasteiger partial charge is 0.439 e. The summed E-state index contributed by atoms with van der Waals surface area (Å²) in [6.07, 6.45) is -4.05. The molecule has 0 saturated heterocycles. The van der Waals surface area contributed by atoms with E-state index in [2.05, 4.69) is 4.98 Å².